The third-order valence-corrected chi connectivity index (χ3v) is 0.630. The van der Waals surface area contributed by atoms with Crippen LogP contribution in [0.5, 0.6) is 0 Å². The summed E-state index contributed by atoms with van der Waals surface area (Å²) in [6.45, 7) is 10.0. The minimum atomic E-state index is 0.0926. The summed E-state index contributed by atoms with van der Waals surface area (Å²) in [5.41, 5.74) is 0. The summed E-state index contributed by atoms with van der Waals surface area (Å²) >= 11 is 0. The average molecular weight is 175 g/mol. The molecule has 0 rings (SSSR count). The maximum Gasteiger partial charge on any atom is 0.218 e. The van der Waals surface area contributed by atoms with E-state index in [1.807, 2.05) is 0 Å². The number of carbonyl (C=O) groups is 1. The normalized spacial score (nSPS) is 6.92. The Bertz CT molecular complexity index is 77.9. The smallest absolute Gasteiger partial charge is 0.218 e. The lowest BCUT2D eigenvalue weighted by molar-refractivity contribution is -0.126. The fourth-order valence-electron chi connectivity index (χ4n) is 0. The fourth-order valence-corrected chi connectivity index (χ4v) is 0. The van der Waals surface area contributed by atoms with Crippen LogP contribution in [-0.4, -0.2) is 24.9 Å². The highest BCUT2D eigenvalue weighted by atomic mass is 16.2. The molecule has 0 aromatic heterocycles. The van der Waals surface area contributed by atoms with Crippen molar-refractivity contribution in [2.24, 2.45) is 0 Å². The molecule has 0 aliphatic carbocycles. The molecule has 0 radical (unpaired) electrons. The van der Waals surface area contributed by atoms with Gasteiger partial charge in [0, 0.05) is 21.0 Å². The summed E-state index contributed by atoms with van der Waals surface area (Å²) in [6, 6.07) is 0. The molecule has 0 saturated heterocycles. The summed E-state index contributed by atoms with van der Waals surface area (Å²) in [6.07, 6.45) is 2.50. The van der Waals surface area contributed by atoms with Gasteiger partial charge in [-0.25, -0.2) is 0 Å². The van der Waals surface area contributed by atoms with Crippen molar-refractivity contribution in [2.75, 3.05) is 14.1 Å². The van der Waals surface area contributed by atoms with Gasteiger partial charge in [-0.3, -0.25) is 4.79 Å². The highest BCUT2D eigenvalue weighted by Gasteiger charge is 1.87. The van der Waals surface area contributed by atoms with Crippen molar-refractivity contribution >= 4 is 5.91 Å². The van der Waals surface area contributed by atoms with Crippen molar-refractivity contribution < 1.29 is 4.79 Å². The summed E-state index contributed by atoms with van der Waals surface area (Å²) in [5.74, 6) is 0.0926. The second-order valence-electron chi connectivity index (χ2n) is 2.83. The zero-order valence-electron chi connectivity index (χ0n) is 9.77. The monoisotopic (exact) mass is 175 g/mol. The van der Waals surface area contributed by atoms with Crippen LogP contribution in [0.1, 0.15) is 47.5 Å². The predicted molar refractivity (Wildman–Crippen MR) is 56.3 cm³/mol. The molecule has 0 unspecified atom stereocenters. The molecular weight excluding hydrogens is 150 g/mol. The van der Waals surface area contributed by atoms with E-state index in [1.165, 1.54) is 24.7 Å². The highest BCUT2D eigenvalue weighted by Crippen LogP contribution is 1.69. The first-order valence-electron chi connectivity index (χ1n) is 4.65. The first kappa shape index (κ1) is 17.5. The van der Waals surface area contributed by atoms with Crippen LogP contribution >= 0.6 is 0 Å². The molecule has 0 bridgehead atoms. The lowest BCUT2D eigenvalue weighted by atomic mass is 10.6. The molecule has 2 heteroatoms. The lowest BCUT2D eigenvalue weighted by Gasteiger charge is -2.02. The molecule has 76 valence electrons. The van der Waals surface area contributed by atoms with Crippen molar-refractivity contribution in [3.8, 4) is 0 Å². The van der Waals surface area contributed by atoms with Gasteiger partial charge < -0.3 is 4.90 Å². The first-order chi connectivity index (χ1) is 5.47. The minimum absolute atomic E-state index is 0.0926. The number of hydrogen-bond acceptors (Lipinski definition) is 1. The Kier molecular flexibility index (Phi) is 24.6. The van der Waals surface area contributed by atoms with Gasteiger partial charge in [0.1, 0.15) is 0 Å². The number of amides is 1. The molecule has 0 N–H and O–H groups in total. The van der Waals surface area contributed by atoms with E-state index in [-0.39, 0.29) is 5.91 Å². The number of rotatable bonds is 0. The van der Waals surface area contributed by atoms with Gasteiger partial charge in [0.25, 0.3) is 0 Å². The standard InChI is InChI=1S/C4H9NO.2C3H8/c1-4(6)5(2)3;2*1-3-2/h1-3H3;2*3H2,1-2H3. The Morgan fingerprint density at radius 2 is 1.08 bits per heavy atom. The van der Waals surface area contributed by atoms with Crippen LogP contribution in [-0.2, 0) is 4.79 Å². The van der Waals surface area contributed by atoms with Crippen molar-refractivity contribution in [1.29, 1.82) is 0 Å². The predicted octanol–water partition coefficient (Wildman–Crippen LogP) is 2.93. The van der Waals surface area contributed by atoms with E-state index in [1.54, 1.807) is 14.1 Å². The zero-order chi connectivity index (χ0) is 10.6. The molecule has 0 saturated carbocycles. The molecular formula is C10H25NO. The van der Waals surface area contributed by atoms with Crippen molar-refractivity contribution in [3.63, 3.8) is 0 Å². The SMILES string of the molecule is CC(=O)N(C)C.CCC.CCC. The molecule has 0 heterocycles. The van der Waals surface area contributed by atoms with Gasteiger partial charge in [-0.15, -0.1) is 0 Å². The maximum absolute atomic E-state index is 10.1. The zero-order valence-corrected chi connectivity index (χ0v) is 9.77. The third-order valence-electron chi connectivity index (χ3n) is 0.630. The molecule has 0 aliphatic heterocycles. The lowest BCUT2D eigenvalue weighted by Crippen LogP contribution is -2.17. The van der Waals surface area contributed by atoms with Crippen LogP contribution in [0.15, 0.2) is 0 Å². The van der Waals surface area contributed by atoms with Gasteiger partial charge >= 0.3 is 0 Å². The van der Waals surface area contributed by atoms with E-state index in [0.717, 1.165) is 0 Å². The van der Waals surface area contributed by atoms with Gasteiger partial charge in [0.05, 0.1) is 0 Å². The molecule has 0 aromatic carbocycles. The molecule has 0 aliphatic rings. The van der Waals surface area contributed by atoms with E-state index in [9.17, 15) is 4.79 Å². The maximum atomic E-state index is 10.1. The number of carbonyl (C=O) groups excluding carboxylic acids is 1. The van der Waals surface area contributed by atoms with Gasteiger partial charge in [-0.1, -0.05) is 40.5 Å². The van der Waals surface area contributed by atoms with Crippen molar-refractivity contribution in [1.82, 2.24) is 4.90 Å². The topological polar surface area (TPSA) is 20.3 Å². The molecule has 12 heavy (non-hydrogen) atoms. The first-order valence-corrected chi connectivity index (χ1v) is 4.65. The third kappa shape index (κ3) is 56.4. The molecule has 0 spiro atoms. The van der Waals surface area contributed by atoms with Crippen LogP contribution in [0.4, 0.5) is 0 Å². The summed E-state index contributed by atoms with van der Waals surface area (Å²) in [5, 5.41) is 0. The second-order valence-corrected chi connectivity index (χ2v) is 2.83. The fraction of sp³-hybridized carbons (Fsp3) is 0.900. The molecule has 1 amide bonds. The molecule has 2 nitrogen and oxygen atoms in total. The Morgan fingerprint density at radius 3 is 1.08 bits per heavy atom. The van der Waals surface area contributed by atoms with Gasteiger partial charge in [0.2, 0.25) is 5.91 Å². The summed E-state index contributed by atoms with van der Waals surface area (Å²) in [7, 11) is 3.45. The Hall–Kier alpha value is -0.530. The minimum Gasteiger partial charge on any atom is -0.349 e. The number of hydrogen-bond donors (Lipinski definition) is 0. The van der Waals surface area contributed by atoms with E-state index in [4.69, 9.17) is 0 Å². The summed E-state index contributed by atoms with van der Waals surface area (Å²) in [4.78, 5) is 11.6. The highest BCUT2D eigenvalue weighted by molar-refractivity contribution is 5.72. The van der Waals surface area contributed by atoms with E-state index < -0.39 is 0 Å². The van der Waals surface area contributed by atoms with Crippen LogP contribution in [0.25, 0.3) is 0 Å². The van der Waals surface area contributed by atoms with Gasteiger partial charge in [-0.2, -0.15) is 0 Å². The van der Waals surface area contributed by atoms with E-state index >= 15 is 0 Å². The number of nitrogens with zero attached hydrogens (tertiary/aromatic N) is 1. The Labute approximate surface area is 78.0 Å². The van der Waals surface area contributed by atoms with Crippen LogP contribution in [0.3, 0.4) is 0 Å². The van der Waals surface area contributed by atoms with Crippen molar-refractivity contribution in [3.05, 3.63) is 0 Å². The van der Waals surface area contributed by atoms with Crippen LogP contribution in [0.2, 0.25) is 0 Å². The van der Waals surface area contributed by atoms with E-state index in [0.29, 0.717) is 0 Å². The van der Waals surface area contributed by atoms with Crippen LogP contribution < -0.4 is 0 Å². The van der Waals surface area contributed by atoms with Gasteiger partial charge in [-0.05, 0) is 0 Å². The van der Waals surface area contributed by atoms with Crippen molar-refractivity contribution in [2.45, 2.75) is 47.5 Å². The van der Waals surface area contributed by atoms with Crippen LogP contribution in [0, 0.1) is 0 Å². The quantitative estimate of drug-likeness (QED) is 0.554. The Morgan fingerprint density at radius 1 is 1.00 bits per heavy atom. The summed E-state index contributed by atoms with van der Waals surface area (Å²) < 4.78 is 0. The molecule has 0 atom stereocenters. The van der Waals surface area contributed by atoms with Gasteiger partial charge in [0.15, 0.2) is 0 Å². The van der Waals surface area contributed by atoms with E-state index in [2.05, 4.69) is 27.7 Å². The molecule has 0 fully saturated rings. The second kappa shape index (κ2) is 16.8. The Balaban J connectivity index is -0.000000115. The largest absolute Gasteiger partial charge is 0.349 e. The average Bonchev–Trinajstić information content (AvgIpc) is 1.90. The molecule has 0 aromatic rings.